The van der Waals surface area contributed by atoms with Gasteiger partial charge >= 0.3 is 11.9 Å². The summed E-state index contributed by atoms with van der Waals surface area (Å²) in [4.78, 5) is 24.9. The third kappa shape index (κ3) is 2.28. The van der Waals surface area contributed by atoms with Crippen molar-refractivity contribution in [2.24, 2.45) is 11.8 Å². The molecular formula is C21H20O4. The molecule has 2 atom stereocenters. The van der Waals surface area contributed by atoms with E-state index in [0.717, 1.165) is 28.7 Å². The summed E-state index contributed by atoms with van der Waals surface area (Å²) in [6.07, 6.45) is 0.720. The molecule has 0 radical (unpaired) electrons. The lowest BCUT2D eigenvalue weighted by Gasteiger charge is -2.47. The highest BCUT2D eigenvalue weighted by Crippen LogP contribution is 2.58. The lowest BCUT2D eigenvalue weighted by molar-refractivity contribution is -0.160. The van der Waals surface area contributed by atoms with Gasteiger partial charge in [0.1, 0.15) is 0 Å². The zero-order valence-corrected chi connectivity index (χ0v) is 14.0. The Morgan fingerprint density at radius 3 is 1.72 bits per heavy atom. The molecule has 2 bridgehead atoms. The minimum Gasteiger partial charge on any atom is -0.481 e. The summed E-state index contributed by atoms with van der Waals surface area (Å²) in [5, 5.41) is 9.95. The number of esters is 1. The van der Waals surface area contributed by atoms with Crippen molar-refractivity contribution in [1.82, 2.24) is 0 Å². The van der Waals surface area contributed by atoms with Gasteiger partial charge in [-0.3, -0.25) is 9.59 Å². The maximum Gasteiger partial charge on any atom is 0.310 e. The Morgan fingerprint density at radius 1 is 0.880 bits per heavy atom. The number of carbonyl (C=O) groups is 2. The molecule has 0 heterocycles. The molecule has 0 aromatic heterocycles. The fourth-order valence-electron chi connectivity index (χ4n) is 4.56. The molecule has 128 valence electrons. The predicted molar refractivity (Wildman–Crippen MR) is 92.4 cm³/mol. The quantitative estimate of drug-likeness (QED) is 0.867. The molecular weight excluding hydrogens is 316 g/mol. The molecule has 0 saturated heterocycles. The van der Waals surface area contributed by atoms with Crippen molar-refractivity contribution < 1.29 is 19.4 Å². The van der Waals surface area contributed by atoms with Crippen LogP contribution in [0, 0.1) is 11.8 Å². The van der Waals surface area contributed by atoms with Crippen LogP contribution in [0.2, 0.25) is 0 Å². The molecule has 5 rings (SSSR count). The molecule has 3 aliphatic rings. The first-order valence-electron chi connectivity index (χ1n) is 8.72. The highest BCUT2D eigenvalue weighted by atomic mass is 16.5. The van der Waals surface area contributed by atoms with Crippen LogP contribution in [0.3, 0.4) is 0 Å². The van der Waals surface area contributed by atoms with E-state index < -0.39 is 23.8 Å². The number of benzene rings is 2. The average Bonchev–Trinajstić information content (AvgIpc) is 2.65. The molecule has 0 saturated carbocycles. The summed E-state index contributed by atoms with van der Waals surface area (Å²) in [5.74, 6) is -3.37. The Hall–Kier alpha value is -2.62. The fourth-order valence-corrected chi connectivity index (χ4v) is 4.56. The number of carbonyl (C=O) groups excluding carboxylic acids is 1. The molecule has 25 heavy (non-hydrogen) atoms. The summed E-state index contributed by atoms with van der Waals surface area (Å²) >= 11 is 0. The molecule has 0 unspecified atom stereocenters. The van der Waals surface area contributed by atoms with Crippen molar-refractivity contribution in [3.05, 3.63) is 70.8 Å². The number of fused-ring (bicyclic) bond motifs is 1. The van der Waals surface area contributed by atoms with Crippen LogP contribution in [-0.2, 0) is 14.3 Å². The Bertz CT molecular complexity index is 794. The van der Waals surface area contributed by atoms with Gasteiger partial charge < -0.3 is 9.84 Å². The minimum absolute atomic E-state index is 0.261. The Morgan fingerprint density at radius 2 is 1.32 bits per heavy atom. The number of ether oxygens (including phenoxy) is 1. The van der Waals surface area contributed by atoms with E-state index in [2.05, 4.69) is 0 Å². The molecule has 4 heteroatoms. The van der Waals surface area contributed by atoms with E-state index in [4.69, 9.17) is 4.74 Å². The smallest absolute Gasteiger partial charge is 0.310 e. The first-order valence-corrected chi connectivity index (χ1v) is 8.72. The second-order valence-corrected chi connectivity index (χ2v) is 6.77. The van der Waals surface area contributed by atoms with Gasteiger partial charge in [-0.25, -0.2) is 0 Å². The first kappa shape index (κ1) is 15.9. The van der Waals surface area contributed by atoms with E-state index in [1.54, 1.807) is 0 Å². The number of carboxylic acids is 1. The predicted octanol–water partition coefficient (Wildman–Crippen LogP) is 3.55. The van der Waals surface area contributed by atoms with Crippen LogP contribution in [-0.4, -0.2) is 23.7 Å². The average molecular weight is 336 g/mol. The lowest BCUT2D eigenvalue weighted by atomic mass is 9.54. The Balaban J connectivity index is 1.92. The zero-order valence-electron chi connectivity index (χ0n) is 14.0. The van der Waals surface area contributed by atoms with Gasteiger partial charge in [0, 0.05) is 11.8 Å². The van der Waals surface area contributed by atoms with Crippen LogP contribution in [0.15, 0.2) is 48.5 Å². The van der Waals surface area contributed by atoms with E-state index >= 15 is 0 Å². The largest absolute Gasteiger partial charge is 0.481 e. The van der Waals surface area contributed by atoms with Gasteiger partial charge in [0.25, 0.3) is 0 Å². The normalized spacial score (nSPS) is 25.8. The molecule has 0 spiro atoms. The minimum atomic E-state index is -0.933. The van der Waals surface area contributed by atoms with Crippen molar-refractivity contribution in [2.45, 2.75) is 25.2 Å². The summed E-state index contributed by atoms with van der Waals surface area (Å²) in [5.41, 5.74) is 4.17. The molecule has 0 amide bonds. The summed E-state index contributed by atoms with van der Waals surface area (Å²) in [6, 6.07) is 15.8. The molecule has 2 aromatic rings. The van der Waals surface area contributed by atoms with Gasteiger partial charge in [-0.1, -0.05) is 55.5 Å². The lowest BCUT2D eigenvalue weighted by Crippen LogP contribution is -2.47. The monoisotopic (exact) mass is 336 g/mol. The number of hydrogen-bond acceptors (Lipinski definition) is 3. The SMILES string of the molecule is CCCOC(=O)[C@H]1C2c3ccccc3C(c3ccccc32)[C@@H]1C(=O)O. The first-order chi connectivity index (χ1) is 12.1. The highest BCUT2D eigenvalue weighted by Gasteiger charge is 2.55. The van der Waals surface area contributed by atoms with E-state index in [0.29, 0.717) is 6.61 Å². The van der Waals surface area contributed by atoms with Crippen LogP contribution in [0.5, 0.6) is 0 Å². The van der Waals surface area contributed by atoms with Gasteiger partial charge in [-0.05, 0) is 28.7 Å². The van der Waals surface area contributed by atoms with Crippen molar-refractivity contribution in [3.8, 4) is 0 Å². The van der Waals surface area contributed by atoms with Crippen molar-refractivity contribution in [3.63, 3.8) is 0 Å². The second-order valence-electron chi connectivity index (χ2n) is 6.77. The summed E-state index contributed by atoms with van der Waals surface area (Å²) in [6.45, 7) is 2.25. The van der Waals surface area contributed by atoms with Crippen LogP contribution >= 0.6 is 0 Å². The van der Waals surface area contributed by atoms with Gasteiger partial charge in [0.05, 0.1) is 18.4 Å². The molecule has 0 aliphatic heterocycles. The Labute approximate surface area is 146 Å². The number of rotatable bonds is 4. The van der Waals surface area contributed by atoms with E-state index in [-0.39, 0.29) is 11.8 Å². The maximum atomic E-state index is 12.8. The van der Waals surface area contributed by atoms with Crippen molar-refractivity contribution >= 4 is 11.9 Å². The third-order valence-corrected chi connectivity index (χ3v) is 5.44. The fraction of sp³-hybridized carbons (Fsp3) is 0.333. The van der Waals surface area contributed by atoms with Gasteiger partial charge in [-0.15, -0.1) is 0 Å². The summed E-state index contributed by atoms with van der Waals surface area (Å²) < 4.78 is 5.39. The standard InChI is InChI=1S/C21H20O4/c1-2-11-25-21(24)19-17-14-9-5-3-7-12(14)16(18(19)20(22)23)13-8-4-6-10-15(13)17/h3-10,16-19H,2,11H2,1H3,(H,22,23)/t16?,17?,18-,19-/m0/s1. The second kappa shape index (κ2) is 6.03. The summed E-state index contributed by atoms with van der Waals surface area (Å²) in [7, 11) is 0. The van der Waals surface area contributed by atoms with Crippen molar-refractivity contribution in [2.75, 3.05) is 6.61 Å². The third-order valence-electron chi connectivity index (χ3n) is 5.44. The van der Waals surface area contributed by atoms with Crippen LogP contribution in [0.1, 0.15) is 47.4 Å². The van der Waals surface area contributed by atoms with Gasteiger partial charge in [0.15, 0.2) is 0 Å². The van der Waals surface area contributed by atoms with E-state index in [1.165, 1.54) is 0 Å². The van der Waals surface area contributed by atoms with Crippen LogP contribution in [0.25, 0.3) is 0 Å². The topological polar surface area (TPSA) is 63.6 Å². The van der Waals surface area contributed by atoms with E-state index in [9.17, 15) is 14.7 Å². The van der Waals surface area contributed by atoms with Crippen LogP contribution < -0.4 is 0 Å². The number of aliphatic carboxylic acids is 1. The van der Waals surface area contributed by atoms with Gasteiger partial charge in [-0.2, -0.15) is 0 Å². The van der Waals surface area contributed by atoms with Crippen LogP contribution in [0.4, 0.5) is 0 Å². The molecule has 4 nitrogen and oxygen atoms in total. The molecule has 3 aliphatic carbocycles. The number of carboxylic acid groups (broad SMARTS) is 1. The van der Waals surface area contributed by atoms with E-state index in [1.807, 2.05) is 55.5 Å². The molecule has 0 fully saturated rings. The molecule has 2 aromatic carbocycles. The zero-order chi connectivity index (χ0) is 17.6. The highest BCUT2D eigenvalue weighted by molar-refractivity contribution is 5.87. The van der Waals surface area contributed by atoms with Crippen molar-refractivity contribution in [1.29, 1.82) is 0 Å². The maximum absolute atomic E-state index is 12.8. The van der Waals surface area contributed by atoms with Gasteiger partial charge in [0.2, 0.25) is 0 Å². The number of hydrogen-bond donors (Lipinski definition) is 1. The Kier molecular flexibility index (Phi) is 3.83. The molecule has 1 N–H and O–H groups in total.